The molecular weight excluding hydrogens is 551 g/mol. The van der Waals surface area contributed by atoms with Gasteiger partial charge in [0.1, 0.15) is 26.8 Å². The first-order valence-electron chi connectivity index (χ1n) is 9.75. The van der Waals surface area contributed by atoms with Crippen LogP contribution in [0.1, 0.15) is 24.2 Å². The van der Waals surface area contributed by atoms with E-state index in [1.165, 1.54) is 0 Å². The molecule has 1 saturated heterocycles. The Bertz CT molecular complexity index is 1320. The molecule has 4 rings (SSSR count). The summed E-state index contributed by atoms with van der Waals surface area (Å²) in [7, 11) is 0. The fourth-order valence-corrected chi connectivity index (χ4v) is 5.55. The number of thiazole rings is 1. The van der Waals surface area contributed by atoms with Crippen molar-refractivity contribution in [3.05, 3.63) is 38.5 Å². The van der Waals surface area contributed by atoms with E-state index in [0.717, 1.165) is 34.1 Å². The Hall–Kier alpha value is -3.44. The molecule has 2 aromatic heterocycles. The van der Waals surface area contributed by atoms with Gasteiger partial charge < -0.3 is 21.4 Å². The van der Waals surface area contributed by atoms with Gasteiger partial charge in [-0.05, 0) is 25.0 Å². The highest BCUT2D eigenvalue weighted by Crippen LogP contribution is 2.43. The quantitative estimate of drug-likeness (QED) is 0.175. The molecule has 0 saturated carbocycles. The largest absolute Gasteiger partial charge is 0.477 e. The molecule has 0 spiro atoms. The SMILES string of the molecule is Nc1nc(/C(=N/O)C(=O)NC2C(=O)N3C(C(=O)O)=C(Sc4ccc(C(F)(F)F)nn4)CCC23)c(Cl)s1. The van der Waals surface area contributed by atoms with E-state index in [1.54, 1.807) is 0 Å². The zero-order chi connectivity index (χ0) is 26.4. The lowest BCUT2D eigenvalue weighted by Gasteiger charge is -2.50. The van der Waals surface area contributed by atoms with Crippen LogP contribution in [0.15, 0.2) is 32.9 Å². The second-order valence-electron chi connectivity index (χ2n) is 7.32. The van der Waals surface area contributed by atoms with Crippen LogP contribution in [0.4, 0.5) is 18.3 Å². The van der Waals surface area contributed by atoms with Crippen molar-refractivity contribution in [2.24, 2.45) is 5.16 Å². The van der Waals surface area contributed by atoms with Crippen molar-refractivity contribution in [3.8, 4) is 0 Å². The number of nitrogens with one attached hydrogen (secondary N) is 1. The summed E-state index contributed by atoms with van der Waals surface area (Å²) in [6.45, 7) is 0. The predicted octanol–water partition coefficient (Wildman–Crippen LogP) is 1.94. The van der Waals surface area contributed by atoms with Crippen LogP contribution in [0, 0.1) is 0 Å². The molecule has 2 aliphatic rings. The second kappa shape index (κ2) is 9.55. The third-order valence-electron chi connectivity index (χ3n) is 5.18. The molecule has 4 heterocycles. The minimum Gasteiger partial charge on any atom is -0.477 e. The van der Waals surface area contributed by atoms with Gasteiger partial charge in [-0.25, -0.2) is 9.78 Å². The van der Waals surface area contributed by atoms with Crippen LogP contribution in [0.5, 0.6) is 0 Å². The molecule has 5 N–H and O–H groups in total. The number of nitrogens with two attached hydrogens (primary N) is 1. The molecule has 2 aromatic rings. The summed E-state index contributed by atoms with van der Waals surface area (Å²) >= 11 is 7.56. The minimum absolute atomic E-state index is 0.0104. The number of aliphatic carboxylic acids is 1. The average molecular weight is 564 g/mol. The maximum atomic E-state index is 12.8. The minimum atomic E-state index is -4.68. The van der Waals surface area contributed by atoms with Crippen LogP contribution in [0.25, 0.3) is 0 Å². The number of carbonyl (C=O) groups excluding carboxylic acids is 2. The summed E-state index contributed by atoms with van der Waals surface area (Å²) < 4.78 is 38.1. The number of amides is 2. The lowest BCUT2D eigenvalue weighted by Crippen LogP contribution is -2.72. The molecule has 1 fully saturated rings. The number of aromatic nitrogens is 3. The van der Waals surface area contributed by atoms with Gasteiger partial charge in [0.05, 0.1) is 6.04 Å². The van der Waals surface area contributed by atoms with Crippen LogP contribution in [-0.4, -0.2) is 66.0 Å². The Labute approximate surface area is 212 Å². The molecule has 2 atom stereocenters. The number of carboxylic acids is 1. The molecule has 36 heavy (non-hydrogen) atoms. The summed E-state index contributed by atoms with van der Waals surface area (Å²) in [4.78, 5) is 42.4. The predicted molar refractivity (Wildman–Crippen MR) is 119 cm³/mol. The number of hydrogen-bond donors (Lipinski definition) is 4. The first-order chi connectivity index (χ1) is 16.9. The second-order valence-corrected chi connectivity index (χ2v) is 10.1. The number of carbonyl (C=O) groups is 3. The fraction of sp³-hybridized carbons (Fsp3) is 0.278. The Morgan fingerprint density at radius 3 is 2.58 bits per heavy atom. The molecule has 0 radical (unpaired) electrons. The first kappa shape index (κ1) is 25.6. The molecule has 2 unspecified atom stereocenters. The van der Waals surface area contributed by atoms with Crippen LogP contribution < -0.4 is 11.1 Å². The summed E-state index contributed by atoms with van der Waals surface area (Å²) in [5, 5.41) is 30.9. The van der Waals surface area contributed by atoms with E-state index in [2.05, 4.69) is 25.7 Å². The van der Waals surface area contributed by atoms with Crippen molar-refractivity contribution >= 4 is 63.3 Å². The average Bonchev–Trinajstić information content (AvgIpc) is 3.14. The lowest BCUT2D eigenvalue weighted by molar-refractivity contribution is -0.155. The van der Waals surface area contributed by atoms with Crippen molar-refractivity contribution in [1.82, 2.24) is 25.4 Å². The van der Waals surface area contributed by atoms with E-state index in [0.29, 0.717) is 6.07 Å². The summed E-state index contributed by atoms with van der Waals surface area (Å²) in [5.74, 6) is -3.17. The Kier molecular flexibility index (Phi) is 6.80. The highest BCUT2D eigenvalue weighted by Gasteiger charge is 2.54. The molecule has 0 bridgehead atoms. The van der Waals surface area contributed by atoms with E-state index in [4.69, 9.17) is 17.3 Å². The molecule has 12 nitrogen and oxygen atoms in total. The van der Waals surface area contributed by atoms with Gasteiger partial charge in [0.15, 0.2) is 16.5 Å². The topological polar surface area (TPSA) is 184 Å². The number of allylic oxidation sites excluding steroid dienone is 1. The van der Waals surface area contributed by atoms with Gasteiger partial charge in [-0.15, -0.1) is 10.2 Å². The smallest absolute Gasteiger partial charge is 0.435 e. The number of thioether (sulfide) groups is 1. The van der Waals surface area contributed by atoms with Gasteiger partial charge in [-0.2, -0.15) is 13.2 Å². The number of nitrogens with zero attached hydrogens (tertiary/aromatic N) is 5. The van der Waals surface area contributed by atoms with Crippen LogP contribution >= 0.6 is 34.7 Å². The van der Waals surface area contributed by atoms with Gasteiger partial charge in [0, 0.05) is 4.91 Å². The monoisotopic (exact) mass is 563 g/mol. The maximum Gasteiger partial charge on any atom is 0.435 e. The van der Waals surface area contributed by atoms with Gasteiger partial charge in [-0.3, -0.25) is 14.5 Å². The first-order valence-corrected chi connectivity index (χ1v) is 11.8. The van der Waals surface area contributed by atoms with Gasteiger partial charge in [-0.1, -0.05) is 39.9 Å². The molecule has 2 amide bonds. The van der Waals surface area contributed by atoms with Crippen LogP contribution in [0.2, 0.25) is 4.34 Å². The number of nitrogen functional groups attached to an aromatic ring is 1. The Morgan fingerprint density at radius 2 is 2.06 bits per heavy atom. The molecule has 0 aromatic carbocycles. The van der Waals surface area contributed by atoms with E-state index in [-0.39, 0.29) is 43.6 Å². The van der Waals surface area contributed by atoms with Crippen molar-refractivity contribution in [3.63, 3.8) is 0 Å². The number of oxime groups is 1. The molecule has 190 valence electrons. The summed E-state index contributed by atoms with van der Waals surface area (Å²) in [6, 6.07) is -0.0981. The van der Waals surface area contributed by atoms with Crippen LogP contribution in [-0.2, 0) is 20.6 Å². The number of alkyl halides is 3. The lowest BCUT2D eigenvalue weighted by atomic mass is 9.86. The number of carboxylic acid groups (broad SMARTS) is 1. The summed E-state index contributed by atoms with van der Waals surface area (Å²) in [5.41, 5.74) is 3.19. The van der Waals surface area contributed by atoms with Gasteiger partial charge in [0.2, 0.25) is 0 Å². The van der Waals surface area contributed by atoms with Gasteiger partial charge >= 0.3 is 12.1 Å². The molecular formula is C18H13ClF3N7O5S2. The standard InChI is InChI=1S/C18H13ClF3N7O5S2/c19-13-10(25-17(23)36-13)11(28-34)14(30)24-9-5-1-2-6(12(16(32)33)29(5)15(9)31)35-8-4-3-7(26-27-8)18(20,21)22/h3-5,9,34H,1-2H2,(H2,23,25)(H,24,30)(H,32,33)/b28-11-. The zero-order valence-electron chi connectivity index (χ0n) is 17.5. The van der Waals surface area contributed by atoms with E-state index >= 15 is 0 Å². The number of halogens is 4. The zero-order valence-corrected chi connectivity index (χ0v) is 19.9. The third-order valence-corrected chi connectivity index (χ3v) is 7.34. The maximum absolute atomic E-state index is 12.8. The Balaban J connectivity index is 1.52. The van der Waals surface area contributed by atoms with Crippen molar-refractivity contribution in [2.45, 2.75) is 36.1 Å². The van der Waals surface area contributed by atoms with Crippen molar-refractivity contribution in [2.75, 3.05) is 5.73 Å². The van der Waals surface area contributed by atoms with Crippen molar-refractivity contribution in [1.29, 1.82) is 0 Å². The fourth-order valence-electron chi connectivity index (χ4n) is 3.65. The number of rotatable bonds is 6. The number of anilines is 1. The van der Waals surface area contributed by atoms with Crippen LogP contribution in [0.3, 0.4) is 0 Å². The molecule has 2 aliphatic heterocycles. The summed E-state index contributed by atoms with van der Waals surface area (Å²) in [6.07, 6.45) is -4.33. The highest BCUT2D eigenvalue weighted by atomic mass is 35.5. The van der Waals surface area contributed by atoms with E-state index in [1.807, 2.05) is 0 Å². The molecule has 0 aliphatic carbocycles. The van der Waals surface area contributed by atoms with E-state index in [9.17, 15) is 37.9 Å². The normalized spacial score (nSPS) is 20.2. The number of hydrogen-bond acceptors (Lipinski definition) is 11. The molecule has 18 heteroatoms. The highest BCUT2D eigenvalue weighted by molar-refractivity contribution is 8.03. The van der Waals surface area contributed by atoms with Gasteiger partial charge in [0.25, 0.3) is 11.8 Å². The number of β-lactam (4-membered cyclic amide) rings is 1. The van der Waals surface area contributed by atoms with Crippen molar-refractivity contribution < 1.29 is 37.9 Å². The number of fused-ring (bicyclic) bond motifs is 1. The third kappa shape index (κ3) is 4.68. The Morgan fingerprint density at radius 1 is 1.33 bits per heavy atom. The van der Waals surface area contributed by atoms with E-state index < -0.39 is 47.4 Å².